The van der Waals surface area contributed by atoms with Crippen LogP contribution in [0, 0.1) is 19.7 Å². The van der Waals surface area contributed by atoms with Crippen molar-refractivity contribution < 1.29 is 9.18 Å². The minimum atomic E-state index is -0.649. The number of hydrogen-bond donors (Lipinski definition) is 0. The Balaban J connectivity index is 2.51. The van der Waals surface area contributed by atoms with Crippen molar-refractivity contribution in [2.45, 2.75) is 13.8 Å². The van der Waals surface area contributed by atoms with E-state index in [1.165, 1.54) is 23.5 Å². The van der Waals surface area contributed by atoms with E-state index in [0.717, 1.165) is 10.4 Å². The number of thiophene rings is 1. The van der Waals surface area contributed by atoms with E-state index in [1.54, 1.807) is 6.07 Å². The summed E-state index contributed by atoms with van der Waals surface area (Å²) in [5.74, 6) is -0.954. The van der Waals surface area contributed by atoms with Crippen LogP contribution in [0.15, 0.2) is 24.3 Å². The van der Waals surface area contributed by atoms with Crippen molar-refractivity contribution in [1.29, 1.82) is 0 Å². The summed E-state index contributed by atoms with van der Waals surface area (Å²) in [4.78, 5) is 13.8. The number of ketones is 1. The maximum Gasteiger partial charge on any atom is 0.206 e. The van der Waals surface area contributed by atoms with Gasteiger partial charge in [-0.25, -0.2) is 4.39 Å². The van der Waals surface area contributed by atoms with Crippen LogP contribution in [-0.2, 0) is 0 Å². The molecule has 1 aromatic carbocycles. The zero-order valence-corrected chi connectivity index (χ0v) is 11.0. The molecule has 0 spiro atoms. The Labute approximate surface area is 108 Å². The van der Waals surface area contributed by atoms with Crippen molar-refractivity contribution in [3.63, 3.8) is 0 Å². The molecule has 1 nitrogen and oxygen atoms in total. The topological polar surface area (TPSA) is 17.1 Å². The Morgan fingerprint density at radius 2 is 2.06 bits per heavy atom. The molecule has 0 atom stereocenters. The van der Waals surface area contributed by atoms with Crippen LogP contribution in [0.1, 0.15) is 25.7 Å². The fourth-order valence-electron chi connectivity index (χ4n) is 1.67. The summed E-state index contributed by atoms with van der Waals surface area (Å²) in [5, 5.41) is -0.0261. The van der Waals surface area contributed by atoms with Crippen molar-refractivity contribution in [3.8, 4) is 0 Å². The third-order valence-corrected chi connectivity index (χ3v) is 3.89. The van der Waals surface area contributed by atoms with Crippen LogP contribution in [0.3, 0.4) is 0 Å². The Bertz CT molecular complexity index is 589. The van der Waals surface area contributed by atoms with Gasteiger partial charge in [-0.05, 0) is 37.6 Å². The van der Waals surface area contributed by atoms with Crippen LogP contribution in [-0.4, -0.2) is 5.78 Å². The highest BCUT2D eigenvalue weighted by Crippen LogP contribution is 2.26. The molecule has 0 aliphatic carbocycles. The van der Waals surface area contributed by atoms with Crippen LogP contribution in [0.25, 0.3) is 0 Å². The molecule has 1 heterocycles. The molecule has 0 unspecified atom stereocenters. The lowest BCUT2D eigenvalue weighted by Crippen LogP contribution is -2.03. The number of carbonyl (C=O) groups excluding carboxylic acids is 1. The van der Waals surface area contributed by atoms with E-state index in [-0.39, 0.29) is 16.4 Å². The highest BCUT2D eigenvalue weighted by atomic mass is 35.5. The Morgan fingerprint density at radius 3 is 2.65 bits per heavy atom. The molecule has 0 saturated carbocycles. The van der Waals surface area contributed by atoms with Gasteiger partial charge in [0.2, 0.25) is 5.78 Å². The summed E-state index contributed by atoms with van der Waals surface area (Å²) in [7, 11) is 0. The van der Waals surface area contributed by atoms with Gasteiger partial charge >= 0.3 is 0 Å². The minimum Gasteiger partial charge on any atom is -0.288 e. The summed E-state index contributed by atoms with van der Waals surface area (Å²) in [6.07, 6.45) is 0. The van der Waals surface area contributed by atoms with Gasteiger partial charge in [0.1, 0.15) is 0 Å². The standard InChI is InChI=1S/C13H10ClFOS/c1-7-6-8(2)17-13(7)12(16)9-4-3-5-10(14)11(9)15/h3-6H,1-2H3. The zero-order chi connectivity index (χ0) is 12.6. The predicted octanol–water partition coefficient (Wildman–Crippen LogP) is 4.39. The third kappa shape index (κ3) is 2.26. The predicted molar refractivity (Wildman–Crippen MR) is 68.6 cm³/mol. The Hall–Kier alpha value is -1.19. The van der Waals surface area contributed by atoms with E-state index >= 15 is 0 Å². The molecule has 0 N–H and O–H groups in total. The fraction of sp³-hybridized carbons (Fsp3) is 0.154. The molecule has 0 amide bonds. The Morgan fingerprint density at radius 1 is 1.35 bits per heavy atom. The fourth-order valence-corrected chi connectivity index (χ4v) is 2.82. The van der Waals surface area contributed by atoms with Gasteiger partial charge in [0.05, 0.1) is 15.5 Å². The lowest BCUT2D eigenvalue weighted by Gasteiger charge is -2.02. The first-order chi connectivity index (χ1) is 8.00. The highest BCUT2D eigenvalue weighted by Gasteiger charge is 2.19. The van der Waals surface area contributed by atoms with E-state index < -0.39 is 5.82 Å². The number of halogens is 2. The van der Waals surface area contributed by atoms with Crippen molar-refractivity contribution in [3.05, 3.63) is 56.0 Å². The van der Waals surface area contributed by atoms with E-state index in [9.17, 15) is 9.18 Å². The lowest BCUT2D eigenvalue weighted by atomic mass is 10.1. The van der Waals surface area contributed by atoms with Gasteiger partial charge in [-0.2, -0.15) is 0 Å². The molecule has 0 aliphatic rings. The molecule has 0 radical (unpaired) electrons. The van der Waals surface area contributed by atoms with E-state index in [1.807, 2.05) is 19.9 Å². The van der Waals surface area contributed by atoms with Crippen LogP contribution in [0.2, 0.25) is 5.02 Å². The smallest absolute Gasteiger partial charge is 0.206 e. The molecule has 1 aromatic heterocycles. The maximum atomic E-state index is 13.7. The van der Waals surface area contributed by atoms with Crippen LogP contribution in [0.4, 0.5) is 4.39 Å². The number of rotatable bonds is 2. The summed E-state index contributed by atoms with van der Waals surface area (Å²) < 4.78 is 13.7. The van der Waals surface area contributed by atoms with Crippen molar-refractivity contribution in [2.75, 3.05) is 0 Å². The second kappa shape index (κ2) is 4.59. The zero-order valence-electron chi connectivity index (χ0n) is 9.38. The van der Waals surface area contributed by atoms with Crippen LogP contribution >= 0.6 is 22.9 Å². The molecule has 0 saturated heterocycles. The largest absolute Gasteiger partial charge is 0.288 e. The van der Waals surface area contributed by atoms with Gasteiger partial charge < -0.3 is 0 Å². The molecule has 0 bridgehead atoms. The average molecular weight is 269 g/mol. The van der Waals surface area contributed by atoms with Gasteiger partial charge in [0.15, 0.2) is 5.82 Å². The molecular weight excluding hydrogens is 259 g/mol. The number of benzene rings is 1. The second-order valence-electron chi connectivity index (χ2n) is 3.80. The first-order valence-electron chi connectivity index (χ1n) is 5.06. The number of aryl methyl sites for hydroxylation is 2. The first-order valence-corrected chi connectivity index (χ1v) is 6.26. The van der Waals surface area contributed by atoms with Gasteiger partial charge in [-0.3, -0.25) is 4.79 Å². The van der Waals surface area contributed by atoms with Crippen molar-refractivity contribution >= 4 is 28.7 Å². The molecule has 2 rings (SSSR count). The number of hydrogen-bond acceptors (Lipinski definition) is 2. The van der Waals surface area contributed by atoms with Crippen LogP contribution < -0.4 is 0 Å². The normalized spacial score (nSPS) is 10.6. The summed E-state index contributed by atoms with van der Waals surface area (Å²) in [6.45, 7) is 3.77. The SMILES string of the molecule is Cc1cc(C)c(C(=O)c2cccc(Cl)c2F)s1. The minimum absolute atomic E-state index is 0.0261. The van der Waals surface area contributed by atoms with E-state index in [2.05, 4.69) is 0 Å². The summed E-state index contributed by atoms with van der Waals surface area (Å²) >= 11 is 7.04. The average Bonchev–Trinajstić information content (AvgIpc) is 2.61. The summed E-state index contributed by atoms with van der Waals surface area (Å²) in [6, 6.07) is 6.38. The van der Waals surface area contributed by atoms with Gasteiger partial charge in [0, 0.05) is 4.88 Å². The maximum absolute atomic E-state index is 13.7. The van der Waals surface area contributed by atoms with Gasteiger partial charge in [-0.1, -0.05) is 17.7 Å². The van der Waals surface area contributed by atoms with E-state index in [0.29, 0.717) is 4.88 Å². The second-order valence-corrected chi connectivity index (χ2v) is 5.46. The highest BCUT2D eigenvalue weighted by molar-refractivity contribution is 7.14. The molecule has 88 valence electrons. The van der Waals surface area contributed by atoms with E-state index in [4.69, 9.17) is 11.6 Å². The monoisotopic (exact) mass is 268 g/mol. The van der Waals surface area contributed by atoms with Crippen LogP contribution in [0.5, 0.6) is 0 Å². The van der Waals surface area contributed by atoms with Crippen molar-refractivity contribution in [1.82, 2.24) is 0 Å². The molecular formula is C13H10ClFOS. The third-order valence-electron chi connectivity index (χ3n) is 2.44. The van der Waals surface area contributed by atoms with Gasteiger partial charge in [0.25, 0.3) is 0 Å². The van der Waals surface area contributed by atoms with Gasteiger partial charge in [-0.15, -0.1) is 11.3 Å². The lowest BCUT2D eigenvalue weighted by molar-refractivity contribution is 0.103. The number of carbonyl (C=O) groups is 1. The molecule has 2 aromatic rings. The molecule has 4 heteroatoms. The van der Waals surface area contributed by atoms with Crippen molar-refractivity contribution in [2.24, 2.45) is 0 Å². The summed E-state index contributed by atoms with van der Waals surface area (Å²) in [5.41, 5.74) is 0.902. The first kappa shape index (κ1) is 12.3. The quantitative estimate of drug-likeness (QED) is 0.739. The molecule has 0 fully saturated rings. The molecule has 0 aliphatic heterocycles. The Kier molecular flexibility index (Phi) is 3.31. The molecule has 17 heavy (non-hydrogen) atoms.